The highest BCUT2D eigenvalue weighted by atomic mass is 35.5. The maximum atomic E-state index is 13.9. The monoisotopic (exact) mass is 516 g/mol. The van der Waals surface area contributed by atoms with Crippen LogP contribution in [0.15, 0.2) is 54.6 Å². The van der Waals surface area contributed by atoms with Crippen molar-refractivity contribution >= 4 is 39.9 Å². The largest absolute Gasteiger partial charge is 0.365 e. The van der Waals surface area contributed by atoms with Crippen LogP contribution in [0.4, 0.5) is 5.69 Å². The Morgan fingerprint density at radius 2 is 1.80 bits per heavy atom. The highest BCUT2D eigenvalue weighted by Gasteiger charge is 2.47. The summed E-state index contributed by atoms with van der Waals surface area (Å²) >= 11 is 6.11. The van der Waals surface area contributed by atoms with Crippen molar-refractivity contribution in [3.8, 4) is 0 Å². The van der Waals surface area contributed by atoms with Gasteiger partial charge in [0.05, 0.1) is 19.1 Å². The van der Waals surface area contributed by atoms with Gasteiger partial charge in [0.1, 0.15) is 6.10 Å². The van der Waals surface area contributed by atoms with Gasteiger partial charge in [0.2, 0.25) is 5.91 Å². The van der Waals surface area contributed by atoms with Gasteiger partial charge >= 0.3 is 0 Å². The molecule has 1 aliphatic heterocycles. The number of morpholine rings is 1. The van der Waals surface area contributed by atoms with Gasteiger partial charge in [-0.1, -0.05) is 41.9 Å². The normalized spacial score (nSPS) is 22.5. The fourth-order valence-corrected chi connectivity index (χ4v) is 5.76. The van der Waals surface area contributed by atoms with Gasteiger partial charge in [0.15, 0.2) is 0 Å². The van der Waals surface area contributed by atoms with E-state index in [4.69, 9.17) is 16.3 Å². The number of carbonyl (C=O) groups is 2. The Bertz CT molecular complexity index is 1070. The molecule has 188 valence electrons. The Labute approximate surface area is 214 Å². The number of hydrogen-bond donors (Lipinski definition) is 1. The van der Waals surface area contributed by atoms with Crippen molar-refractivity contribution in [1.82, 2.24) is 4.90 Å². The summed E-state index contributed by atoms with van der Waals surface area (Å²) in [4.78, 5) is 28.5. The summed E-state index contributed by atoms with van der Waals surface area (Å²) in [6.07, 6.45) is 1.05. The quantitative estimate of drug-likeness (QED) is 0.538. The van der Waals surface area contributed by atoms with Crippen molar-refractivity contribution in [2.24, 2.45) is 5.92 Å². The zero-order chi connectivity index (χ0) is 25.2. The smallest absolute Gasteiger partial charge is 0.253 e. The predicted molar refractivity (Wildman–Crippen MR) is 140 cm³/mol. The van der Waals surface area contributed by atoms with Crippen molar-refractivity contribution in [2.75, 3.05) is 17.7 Å². The molecule has 0 bridgehead atoms. The van der Waals surface area contributed by atoms with Gasteiger partial charge in [-0.2, -0.15) is 0 Å². The highest BCUT2D eigenvalue weighted by molar-refractivity contribution is 7.86. The van der Waals surface area contributed by atoms with Crippen LogP contribution >= 0.6 is 11.6 Å². The summed E-state index contributed by atoms with van der Waals surface area (Å²) in [5.41, 5.74) is 1.59. The van der Waals surface area contributed by atoms with E-state index < -0.39 is 16.9 Å². The van der Waals surface area contributed by atoms with E-state index in [9.17, 15) is 13.8 Å². The zero-order valence-corrected chi connectivity index (χ0v) is 22.0. The van der Waals surface area contributed by atoms with Crippen LogP contribution in [0.1, 0.15) is 51.6 Å². The molecule has 1 aliphatic carbocycles. The van der Waals surface area contributed by atoms with Crippen LogP contribution in [0.25, 0.3) is 0 Å². The number of para-hydroxylation sites is 1. The first kappa shape index (κ1) is 25.9. The van der Waals surface area contributed by atoms with E-state index >= 15 is 0 Å². The minimum Gasteiger partial charge on any atom is -0.365 e. The molecule has 6 nitrogen and oxygen atoms in total. The average Bonchev–Trinajstić information content (AvgIpc) is 3.65. The van der Waals surface area contributed by atoms with Crippen LogP contribution in [0.3, 0.4) is 0 Å². The van der Waals surface area contributed by atoms with Gasteiger partial charge in [0, 0.05) is 38.1 Å². The van der Waals surface area contributed by atoms with Crippen LogP contribution in [0, 0.1) is 5.92 Å². The number of benzene rings is 2. The molecule has 4 unspecified atom stereocenters. The number of nitrogens with one attached hydrogen (secondary N) is 1. The number of amides is 2. The molecule has 0 spiro atoms. The third kappa shape index (κ3) is 6.51. The van der Waals surface area contributed by atoms with Gasteiger partial charge in [-0.3, -0.25) is 13.8 Å². The maximum absolute atomic E-state index is 13.9. The molecule has 2 aromatic rings. The number of anilines is 1. The Kier molecular flexibility index (Phi) is 7.99. The molecule has 4 atom stereocenters. The predicted octanol–water partition coefficient (Wildman–Crippen LogP) is 4.96. The standard InChI is InChI=1S/C27H33ClN2O4S/c1-27(2,3)35(33)17-23(19-9-10-19)30-22(18-11-13-20(28)14-12-18)16-34-24(26(30)32)15-25(31)29-21-7-5-4-6-8-21/h4-8,11-14,19,22-24H,9-10,15-17H2,1-3H3,(H,29,31). The van der Waals surface area contributed by atoms with E-state index in [0.717, 1.165) is 18.4 Å². The molecule has 0 aromatic heterocycles. The number of halogens is 1. The second kappa shape index (κ2) is 10.8. The van der Waals surface area contributed by atoms with E-state index in [0.29, 0.717) is 22.4 Å². The van der Waals surface area contributed by atoms with E-state index in [2.05, 4.69) is 5.32 Å². The number of ether oxygens (including phenoxy) is 1. The minimum atomic E-state index is -1.12. The van der Waals surface area contributed by atoms with Gasteiger partial charge in [-0.15, -0.1) is 0 Å². The Morgan fingerprint density at radius 1 is 1.14 bits per heavy atom. The number of rotatable bonds is 8. The Morgan fingerprint density at radius 3 is 2.40 bits per heavy atom. The van der Waals surface area contributed by atoms with Crippen molar-refractivity contribution in [3.05, 3.63) is 65.2 Å². The Balaban J connectivity index is 1.59. The molecule has 1 N–H and O–H groups in total. The van der Waals surface area contributed by atoms with Crippen molar-refractivity contribution in [2.45, 2.75) is 63.0 Å². The topological polar surface area (TPSA) is 75.7 Å². The lowest BCUT2D eigenvalue weighted by Crippen LogP contribution is -2.57. The van der Waals surface area contributed by atoms with Gasteiger partial charge in [-0.05, 0) is 69.4 Å². The molecule has 1 heterocycles. The van der Waals surface area contributed by atoms with Crippen LogP contribution in [-0.4, -0.2) is 50.2 Å². The first-order chi connectivity index (χ1) is 16.6. The van der Waals surface area contributed by atoms with Gasteiger partial charge in [0.25, 0.3) is 5.91 Å². The number of carbonyl (C=O) groups excluding carboxylic acids is 2. The van der Waals surface area contributed by atoms with E-state index in [1.165, 1.54) is 0 Å². The minimum absolute atomic E-state index is 0.0721. The van der Waals surface area contributed by atoms with Gasteiger partial charge in [-0.25, -0.2) is 0 Å². The summed E-state index contributed by atoms with van der Waals surface area (Å²) in [6, 6.07) is 16.1. The number of hydrogen-bond acceptors (Lipinski definition) is 4. The molecule has 2 amide bonds. The zero-order valence-electron chi connectivity index (χ0n) is 20.4. The van der Waals surface area contributed by atoms with E-state index in [-0.39, 0.29) is 41.7 Å². The summed E-state index contributed by atoms with van der Waals surface area (Å²) in [5.74, 6) is 0.215. The second-order valence-electron chi connectivity index (χ2n) is 10.3. The molecule has 2 fully saturated rings. The summed E-state index contributed by atoms with van der Waals surface area (Å²) in [5, 5.41) is 3.45. The summed E-state index contributed by atoms with van der Waals surface area (Å²) < 4.78 is 18.8. The van der Waals surface area contributed by atoms with Crippen molar-refractivity contribution < 1.29 is 18.5 Å². The van der Waals surface area contributed by atoms with Crippen molar-refractivity contribution in [1.29, 1.82) is 0 Å². The summed E-state index contributed by atoms with van der Waals surface area (Å²) in [7, 11) is -1.12. The first-order valence-corrected chi connectivity index (χ1v) is 13.8. The second-order valence-corrected chi connectivity index (χ2v) is 13.0. The molecule has 8 heteroatoms. The van der Waals surface area contributed by atoms with Gasteiger partial charge < -0.3 is 15.0 Å². The molecular weight excluding hydrogens is 484 g/mol. The third-order valence-electron chi connectivity index (χ3n) is 6.53. The third-order valence-corrected chi connectivity index (χ3v) is 8.79. The molecular formula is C27H33ClN2O4S. The molecule has 2 aromatic carbocycles. The molecule has 4 rings (SSSR count). The fourth-order valence-electron chi connectivity index (χ4n) is 4.39. The lowest BCUT2D eigenvalue weighted by Gasteiger charge is -2.44. The van der Waals surface area contributed by atoms with Crippen LogP contribution in [0.5, 0.6) is 0 Å². The Hall–Kier alpha value is -2.22. The molecule has 1 saturated carbocycles. The van der Waals surface area contributed by atoms with Crippen LogP contribution < -0.4 is 5.32 Å². The first-order valence-electron chi connectivity index (χ1n) is 12.1. The lowest BCUT2D eigenvalue weighted by molar-refractivity contribution is -0.166. The van der Waals surface area contributed by atoms with Crippen LogP contribution in [-0.2, 0) is 25.1 Å². The molecule has 35 heavy (non-hydrogen) atoms. The van der Waals surface area contributed by atoms with E-state index in [1.54, 1.807) is 24.3 Å². The molecule has 2 aliphatic rings. The summed E-state index contributed by atoms with van der Waals surface area (Å²) in [6.45, 7) is 6.15. The molecule has 1 saturated heterocycles. The molecule has 0 radical (unpaired) electrons. The van der Waals surface area contributed by atoms with Crippen molar-refractivity contribution in [3.63, 3.8) is 0 Å². The fraction of sp³-hybridized carbons (Fsp3) is 0.481. The number of nitrogens with zero attached hydrogens (tertiary/aromatic N) is 1. The van der Waals surface area contributed by atoms with Crippen LogP contribution in [0.2, 0.25) is 5.02 Å². The maximum Gasteiger partial charge on any atom is 0.253 e. The van der Waals surface area contributed by atoms with E-state index in [1.807, 2.05) is 56.0 Å². The highest BCUT2D eigenvalue weighted by Crippen LogP contribution is 2.42. The lowest BCUT2D eigenvalue weighted by atomic mass is 9.98. The average molecular weight is 517 g/mol. The SMILES string of the molecule is CC(C)(C)S(=O)CC(C1CC1)N1C(=O)C(CC(=O)Nc2ccccc2)OCC1c1ccc(Cl)cc1.